The molecule has 0 aliphatic rings. The van der Waals surface area contributed by atoms with Gasteiger partial charge in [-0.3, -0.25) is 28.8 Å². The fourth-order valence-corrected chi connectivity index (χ4v) is 4.18. The maximum absolute atomic E-state index is 11.6. The number of ether oxygens (including phenoxy) is 10. The van der Waals surface area contributed by atoms with Gasteiger partial charge < -0.3 is 67.8 Å². The van der Waals surface area contributed by atoms with Gasteiger partial charge in [-0.1, -0.05) is 114 Å². The molecule has 0 aliphatic carbocycles. The summed E-state index contributed by atoms with van der Waals surface area (Å²) in [5, 5.41) is 37.6. The normalized spacial score (nSPS) is 12.8. The Kier molecular flexibility index (Phi) is 56.5. The minimum atomic E-state index is -1.02. The van der Waals surface area contributed by atoms with Crippen LogP contribution >= 0.6 is 0 Å². The lowest BCUT2D eigenvalue weighted by atomic mass is 9.91. The number of rotatable bonds is 36. The van der Waals surface area contributed by atoms with E-state index in [4.69, 9.17) is 37.9 Å². The molecule has 0 saturated heterocycles. The molecule has 0 radical (unpaired) electrons. The molecular weight excluding hydrogens is 1160 g/mol. The third kappa shape index (κ3) is 52.6. The SMILES string of the molecule is C=C(C)C(=O)OCC(O)COC(=O)C(C)(C)CC.C=C(C)C(=O)OCC(O)COC(=O)C(C)CC.C=CC(=O)OCC(O)COC(=O)C(C)(C)CC.C=CC(=O)OCC(O)COC(=O)C(C)CC.C=CCOC(=O)C(C)(C)CC.C=CCOC(=O)C(C)CC. The van der Waals surface area contributed by atoms with E-state index in [1.165, 1.54) is 13.8 Å². The summed E-state index contributed by atoms with van der Waals surface area (Å²) >= 11 is 0. The maximum Gasteiger partial charge on any atom is 0.333 e. The monoisotopic (exact) mass is 1270 g/mol. The molecule has 0 heterocycles. The van der Waals surface area contributed by atoms with Gasteiger partial charge in [-0.05, 0) is 93.9 Å². The summed E-state index contributed by atoms with van der Waals surface area (Å²) in [5.74, 6) is -4.53. The van der Waals surface area contributed by atoms with Crippen molar-refractivity contribution in [3.8, 4) is 0 Å². The van der Waals surface area contributed by atoms with E-state index in [0.717, 1.165) is 25.0 Å². The van der Waals surface area contributed by atoms with Crippen LogP contribution in [0.25, 0.3) is 0 Å². The van der Waals surface area contributed by atoms with Crippen molar-refractivity contribution in [3.63, 3.8) is 0 Å². The number of hydrogen-bond donors (Lipinski definition) is 4. The van der Waals surface area contributed by atoms with Gasteiger partial charge in [0.2, 0.25) is 0 Å². The molecule has 24 nitrogen and oxygen atoms in total. The predicted octanol–water partition coefficient (Wildman–Crippen LogP) is 8.14. The molecular formula is C65H110O24. The first-order chi connectivity index (χ1) is 41.2. The van der Waals surface area contributed by atoms with Gasteiger partial charge in [0, 0.05) is 23.3 Å². The molecule has 0 rings (SSSR count). The van der Waals surface area contributed by atoms with Gasteiger partial charge in [0.1, 0.15) is 90.5 Å². The molecule has 0 bridgehead atoms. The first-order valence-corrected chi connectivity index (χ1v) is 29.4. The second-order valence-electron chi connectivity index (χ2n) is 21.9. The highest BCUT2D eigenvalue weighted by Gasteiger charge is 2.29. The van der Waals surface area contributed by atoms with E-state index in [9.17, 15) is 68.4 Å². The molecule has 0 saturated carbocycles. The van der Waals surface area contributed by atoms with Gasteiger partial charge in [-0.15, -0.1) is 0 Å². The van der Waals surface area contributed by atoms with Gasteiger partial charge in [-0.25, -0.2) is 19.2 Å². The van der Waals surface area contributed by atoms with E-state index < -0.39 is 59.1 Å². The Morgan fingerprint density at radius 2 is 0.596 bits per heavy atom. The third-order valence-corrected chi connectivity index (χ3v) is 12.4. The average molecular weight is 1280 g/mol. The minimum Gasteiger partial charge on any atom is -0.463 e. The zero-order valence-electron chi connectivity index (χ0n) is 56.4. The van der Waals surface area contributed by atoms with E-state index in [-0.39, 0.29) is 123 Å². The highest BCUT2D eigenvalue weighted by Crippen LogP contribution is 2.23. The number of aliphatic hydroxyl groups excluding tert-OH is 4. The van der Waals surface area contributed by atoms with E-state index >= 15 is 0 Å². The van der Waals surface area contributed by atoms with E-state index in [1.54, 1.807) is 53.7 Å². The summed E-state index contributed by atoms with van der Waals surface area (Å²) in [6.07, 6.45) is 5.36. The molecule has 89 heavy (non-hydrogen) atoms. The smallest absolute Gasteiger partial charge is 0.333 e. The molecule has 0 aromatic heterocycles. The molecule has 0 amide bonds. The van der Waals surface area contributed by atoms with Crippen molar-refractivity contribution < 1.29 is 116 Å². The highest BCUT2D eigenvalue weighted by molar-refractivity contribution is 5.87. The second kappa shape index (κ2) is 54.0. The van der Waals surface area contributed by atoms with Crippen LogP contribution in [-0.4, -0.2) is 171 Å². The zero-order valence-corrected chi connectivity index (χ0v) is 56.4. The van der Waals surface area contributed by atoms with Gasteiger partial charge in [-0.2, -0.15) is 0 Å². The summed E-state index contributed by atoms with van der Waals surface area (Å²) in [6.45, 7) is 49.8. The number of carbonyl (C=O) groups excluding carboxylic acids is 10. The summed E-state index contributed by atoms with van der Waals surface area (Å²) < 4.78 is 47.8. The van der Waals surface area contributed by atoms with Crippen molar-refractivity contribution >= 4 is 59.7 Å². The van der Waals surface area contributed by atoms with Crippen molar-refractivity contribution in [3.05, 3.63) is 74.9 Å². The largest absolute Gasteiger partial charge is 0.463 e. The fourth-order valence-electron chi connectivity index (χ4n) is 4.18. The summed E-state index contributed by atoms with van der Waals surface area (Å²) in [4.78, 5) is 111. The Morgan fingerprint density at radius 3 is 0.831 bits per heavy atom. The summed E-state index contributed by atoms with van der Waals surface area (Å²) in [5.41, 5.74) is -0.991. The lowest BCUT2D eigenvalue weighted by molar-refractivity contribution is -0.160. The van der Waals surface area contributed by atoms with Gasteiger partial charge in [0.25, 0.3) is 0 Å². The minimum absolute atomic E-state index is 0.0138. The number of hydrogen-bond acceptors (Lipinski definition) is 24. The van der Waals surface area contributed by atoms with Crippen LogP contribution in [0.3, 0.4) is 0 Å². The number of esters is 10. The first-order valence-electron chi connectivity index (χ1n) is 29.4. The van der Waals surface area contributed by atoms with Crippen molar-refractivity contribution in [1.29, 1.82) is 0 Å². The molecule has 24 heteroatoms. The Labute approximate surface area is 529 Å². The Hall–Kier alpha value is -7.02. The molecule has 0 fully saturated rings. The van der Waals surface area contributed by atoms with Gasteiger partial charge in [0.15, 0.2) is 0 Å². The van der Waals surface area contributed by atoms with Gasteiger partial charge >= 0.3 is 59.7 Å². The first kappa shape index (κ1) is 93.1. The van der Waals surface area contributed by atoms with Crippen LogP contribution in [0, 0.1) is 34.0 Å². The molecule has 0 aromatic rings. The topological polar surface area (TPSA) is 344 Å². The van der Waals surface area contributed by atoms with E-state index in [2.05, 4.69) is 48.9 Å². The second-order valence-corrected chi connectivity index (χ2v) is 21.9. The quantitative estimate of drug-likeness (QED) is 0.0199. The number of carbonyl (C=O) groups is 10. The standard InChI is InChI=1S/C13H22O5.2C12H20O5.C11H18O5.C9H16O2.C8H14O2/c1-6-13(4,5)12(16)18-8-10(14)7-17-11(15)9(2)3;1-5-9(4)12(15)17-7-10(13)6-16-11(14)8(2)3;1-5-10(14)16-7-9(13)8-17-11(15)12(3,4)6-2;1-4-8(3)11(14)16-7-9(12)6-15-10(13)5-2;1-5-7-11-8(10)9(3,4)6-2;1-4-6-10-8(9)7(3)5-2/h10,14H,2,6-8H2,1,3-5H3;9-10,13H,2,5-7H2,1,3-4H3;5,9,13H,1,6-8H2,2-4H3;5,8-9,12H,2,4,6-7H2,1,3H3;5H,1,6-7H2,2-4H3;4,7H,1,5-6H2,2-3H3. The fraction of sp³-hybridized carbons (Fsp3) is 0.662. The maximum atomic E-state index is 11.6. The van der Waals surface area contributed by atoms with Crippen LogP contribution in [0.4, 0.5) is 0 Å². The molecule has 7 unspecified atom stereocenters. The van der Waals surface area contributed by atoms with Crippen molar-refractivity contribution in [2.45, 2.75) is 181 Å². The van der Waals surface area contributed by atoms with Crippen LogP contribution in [0.1, 0.15) is 156 Å². The van der Waals surface area contributed by atoms with Crippen LogP contribution in [0.5, 0.6) is 0 Å². The van der Waals surface area contributed by atoms with E-state index in [0.29, 0.717) is 38.9 Å². The molecule has 4 N–H and O–H groups in total. The Balaban J connectivity index is -0.000000235. The van der Waals surface area contributed by atoms with Crippen molar-refractivity contribution in [2.75, 3.05) is 66.1 Å². The predicted molar refractivity (Wildman–Crippen MR) is 335 cm³/mol. The molecule has 7 atom stereocenters. The van der Waals surface area contributed by atoms with Crippen molar-refractivity contribution in [2.24, 2.45) is 34.0 Å². The molecule has 514 valence electrons. The van der Waals surface area contributed by atoms with Crippen LogP contribution < -0.4 is 0 Å². The highest BCUT2D eigenvalue weighted by atomic mass is 16.6. The Morgan fingerprint density at radius 1 is 0.371 bits per heavy atom. The van der Waals surface area contributed by atoms with E-state index in [1.807, 2.05) is 62.3 Å². The Bertz CT molecular complexity index is 2160. The molecule has 0 aromatic carbocycles. The molecule has 0 aliphatic heterocycles. The summed E-state index contributed by atoms with van der Waals surface area (Å²) in [7, 11) is 0. The summed E-state index contributed by atoms with van der Waals surface area (Å²) in [6, 6.07) is 0. The molecule has 0 spiro atoms. The zero-order chi connectivity index (χ0) is 70.7. The lowest BCUT2D eigenvalue weighted by Crippen LogP contribution is -2.31. The third-order valence-electron chi connectivity index (χ3n) is 12.4. The van der Waals surface area contributed by atoms with Crippen LogP contribution in [0.2, 0.25) is 0 Å². The van der Waals surface area contributed by atoms with Crippen molar-refractivity contribution in [1.82, 2.24) is 0 Å². The van der Waals surface area contributed by atoms with Gasteiger partial charge in [0.05, 0.1) is 34.0 Å². The van der Waals surface area contributed by atoms with Crippen LogP contribution in [-0.2, 0) is 95.3 Å². The number of aliphatic hydroxyl groups is 4. The average Bonchev–Trinajstić information content (AvgIpc) is 3.56. The lowest BCUT2D eigenvalue weighted by Gasteiger charge is -2.21. The van der Waals surface area contributed by atoms with Crippen LogP contribution in [0.15, 0.2) is 74.9 Å².